The van der Waals surface area contributed by atoms with Gasteiger partial charge in [0.25, 0.3) is 5.91 Å². The zero-order valence-electron chi connectivity index (χ0n) is 15.0. The molecule has 5 nitrogen and oxygen atoms in total. The number of nitrogens with one attached hydrogen (secondary N) is 1. The van der Waals surface area contributed by atoms with Gasteiger partial charge < -0.3 is 4.74 Å². The van der Waals surface area contributed by atoms with Crippen molar-refractivity contribution in [3.05, 3.63) is 59.7 Å². The van der Waals surface area contributed by atoms with E-state index in [0.717, 1.165) is 16.1 Å². The van der Waals surface area contributed by atoms with Gasteiger partial charge in [-0.25, -0.2) is 0 Å². The fourth-order valence-electron chi connectivity index (χ4n) is 2.45. The Kier molecular flexibility index (Phi) is 5.63. The van der Waals surface area contributed by atoms with E-state index in [4.69, 9.17) is 4.74 Å². The molecule has 1 unspecified atom stereocenters. The van der Waals surface area contributed by atoms with Crippen molar-refractivity contribution in [3.63, 3.8) is 0 Å². The summed E-state index contributed by atoms with van der Waals surface area (Å²) in [6.45, 7) is 5.94. The van der Waals surface area contributed by atoms with Crippen molar-refractivity contribution in [2.75, 3.05) is 5.32 Å². The number of nitrogens with zero attached hydrogens (tertiary/aromatic N) is 2. The van der Waals surface area contributed by atoms with Crippen LogP contribution in [0.15, 0.2) is 48.5 Å². The molecule has 0 saturated carbocycles. The van der Waals surface area contributed by atoms with E-state index in [0.29, 0.717) is 17.3 Å². The molecule has 134 valence electrons. The van der Waals surface area contributed by atoms with E-state index in [9.17, 15) is 4.79 Å². The van der Waals surface area contributed by atoms with Crippen LogP contribution in [0.2, 0.25) is 0 Å². The minimum absolute atomic E-state index is 0.222. The Morgan fingerprint density at radius 1 is 1.12 bits per heavy atom. The second-order valence-corrected chi connectivity index (χ2v) is 7.08. The van der Waals surface area contributed by atoms with E-state index in [1.165, 1.54) is 16.9 Å². The van der Waals surface area contributed by atoms with Crippen molar-refractivity contribution >= 4 is 22.4 Å². The minimum Gasteiger partial charge on any atom is -0.481 e. The highest BCUT2D eigenvalue weighted by molar-refractivity contribution is 7.18. The molecule has 0 aliphatic heterocycles. The fraction of sp³-hybridized carbons (Fsp3) is 0.250. The number of aryl methyl sites for hydroxylation is 2. The largest absolute Gasteiger partial charge is 0.481 e. The van der Waals surface area contributed by atoms with Gasteiger partial charge in [-0.2, -0.15) is 0 Å². The second-order valence-electron chi connectivity index (χ2n) is 6.10. The van der Waals surface area contributed by atoms with Crippen LogP contribution in [-0.2, 0) is 4.79 Å². The van der Waals surface area contributed by atoms with Gasteiger partial charge in [-0.15, -0.1) is 10.2 Å². The Morgan fingerprint density at radius 3 is 2.58 bits per heavy atom. The number of amides is 1. The van der Waals surface area contributed by atoms with Gasteiger partial charge >= 0.3 is 0 Å². The molecular weight excluding hydrogens is 346 g/mol. The van der Waals surface area contributed by atoms with Gasteiger partial charge in [-0.05, 0) is 38.0 Å². The quantitative estimate of drug-likeness (QED) is 0.690. The molecule has 3 aromatic rings. The van der Waals surface area contributed by atoms with E-state index in [-0.39, 0.29) is 5.91 Å². The average molecular weight is 367 g/mol. The molecule has 1 aromatic heterocycles. The number of benzene rings is 2. The molecule has 6 heteroatoms. The molecule has 3 rings (SSSR count). The number of anilines is 1. The molecule has 0 aliphatic carbocycles. The monoisotopic (exact) mass is 367 g/mol. The lowest BCUT2D eigenvalue weighted by molar-refractivity contribution is -0.122. The molecule has 1 amide bonds. The summed E-state index contributed by atoms with van der Waals surface area (Å²) >= 11 is 1.35. The normalized spacial score (nSPS) is 11.8. The molecule has 2 aromatic carbocycles. The number of ether oxygens (including phenoxy) is 1. The van der Waals surface area contributed by atoms with E-state index >= 15 is 0 Å². The average Bonchev–Trinajstić information content (AvgIpc) is 3.08. The highest BCUT2D eigenvalue weighted by atomic mass is 32.1. The third-order valence-corrected chi connectivity index (χ3v) is 4.77. The Hall–Kier alpha value is -2.73. The van der Waals surface area contributed by atoms with Gasteiger partial charge in [0.05, 0.1) is 0 Å². The zero-order valence-corrected chi connectivity index (χ0v) is 15.8. The lowest BCUT2D eigenvalue weighted by Gasteiger charge is -2.16. The molecule has 0 saturated heterocycles. The van der Waals surface area contributed by atoms with Gasteiger partial charge in [0.2, 0.25) is 5.13 Å². The number of carbonyl (C=O) groups is 1. The lowest BCUT2D eigenvalue weighted by Crippen LogP contribution is -2.32. The molecule has 1 N–H and O–H groups in total. The van der Waals surface area contributed by atoms with Crippen molar-refractivity contribution < 1.29 is 9.53 Å². The van der Waals surface area contributed by atoms with Crippen molar-refractivity contribution in [1.82, 2.24) is 10.2 Å². The Bertz CT molecular complexity index is 890. The van der Waals surface area contributed by atoms with Crippen molar-refractivity contribution in [2.45, 2.75) is 33.3 Å². The number of hydrogen-bond acceptors (Lipinski definition) is 5. The molecule has 0 bridgehead atoms. The minimum atomic E-state index is -0.580. The van der Waals surface area contributed by atoms with Crippen LogP contribution in [0.3, 0.4) is 0 Å². The summed E-state index contributed by atoms with van der Waals surface area (Å²) in [7, 11) is 0. The first kappa shape index (κ1) is 18.1. The summed E-state index contributed by atoms with van der Waals surface area (Å²) in [5.41, 5.74) is 3.26. The summed E-state index contributed by atoms with van der Waals surface area (Å²) in [5, 5.41) is 12.3. The second kappa shape index (κ2) is 8.10. The predicted octanol–water partition coefficient (Wildman–Crippen LogP) is 4.62. The van der Waals surface area contributed by atoms with Crippen LogP contribution < -0.4 is 10.1 Å². The maximum atomic E-state index is 12.5. The van der Waals surface area contributed by atoms with E-state index < -0.39 is 6.10 Å². The van der Waals surface area contributed by atoms with E-state index in [2.05, 4.69) is 15.5 Å². The van der Waals surface area contributed by atoms with Crippen LogP contribution in [0.4, 0.5) is 5.13 Å². The van der Waals surface area contributed by atoms with Crippen LogP contribution in [0.25, 0.3) is 10.6 Å². The Morgan fingerprint density at radius 2 is 1.88 bits per heavy atom. The first-order chi connectivity index (χ1) is 12.5. The van der Waals surface area contributed by atoms with E-state index in [1.807, 2.05) is 69.3 Å². The molecule has 0 spiro atoms. The summed E-state index contributed by atoms with van der Waals surface area (Å²) in [6.07, 6.45) is -0.0211. The van der Waals surface area contributed by atoms with Crippen molar-refractivity contribution in [1.29, 1.82) is 0 Å². The first-order valence-electron chi connectivity index (χ1n) is 8.50. The smallest absolute Gasteiger partial charge is 0.267 e. The number of rotatable bonds is 6. The zero-order chi connectivity index (χ0) is 18.5. The maximum absolute atomic E-state index is 12.5. The standard InChI is InChI=1S/C20H21N3O2S/c1-4-17(25-16-7-5-6-14(3)12-16)18(24)21-20-23-22-19(26-20)15-10-8-13(2)9-11-15/h5-12,17H,4H2,1-3H3,(H,21,23,24). The maximum Gasteiger partial charge on any atom is 0.267 e. The molecule has 1 atom stereocenters. The van der Waals surface area contributed by atoms with Gasteiger partial charge in [-0.1, -0.05) is 60.2 Å². The van der Waals surface area contributed by atoms with Crippen LogP contribution in [0, 0.1) is 13.8 Å². The molecule has 1 heterocycles. The van der Waals surface area contributed by atoms with Gasteiger partial charge in [0.1, 0.15) is 10.8 Å². The van der Waals surface area contributed by atoms with Crippen LogP contribution >= 0.6 is 11.3 Å². The van der Waals surface area contributed by atoms with Gasteiger partial charge in [-0.3, -0.25) is 10.1 Å². The third-order valence-electron chi connectivity index (χ3n) is 3.88. The molecule has 0 aliphatic rings. The highest BCUT2D eigenvalue weighted by Gasteiger charge is 2.20. The Balaban J connectivity index is 1.67. The third kappa shape index (κ3) is 4.46. The van der Waals surface area contributed by atoms with E-state index in [1.54, 1.807) is 0 Å². The van der Waals surface area contributed by atoms with Gasteiger partial charge in [0, 0.05) is 5.56 Å². The molecule has 26 heavy (non-hydrogen) atoms. The summed E-state index contributed by atoms with van der Waals surface area (Å²) < 4.78 is 5.83. The van der Waals surface area contributed by atoms with Crippen LogP contribution in [0.5, 0.6) is 5.75 Å². The summed E-state index contributed by atoms with van der Waals surface area (Å²) in [5.74, 6) is 0.463. The summed E-state index contributed by atoms with van der Waals surface area (Å²) in [4.78, 5) is 12.5. The van der Waals surface area contributed by atoms with Crippen molar-refractivity contribution in [2.24, 2.45) is 0 Å². The number of aromatic nitrogens is 2. The topological polar surface area (TPSA) is 64.1 Å². The van der Waals surface area contributed by atoms with Crippen molar-refractivity contribution in [3.8, 4) is 16.3 Å². The van der Waals surface area contributed by atoms with Crippen LogP contribution in [0.1, 0.15) is 24.5 Å². The highest BCUT2D eigenvalue weighted by Crippen LogP contribution is 2.27. The first-order valence-corrected chi connectivity index (χ1v) is 9.31. The van der Waals surface area contributed by atoms with Gasteiger partial charge in [0.15, 0.2) is 6.10 Å². The molecule has 0 radical (unpaired) electrons. The fourth-order valence-corrected chi connectivity index (χ4v) is 3.20. The molecular formula is C20H21N3O2S. The Labute approximate surface area is 157 Å². The van der Waals surface area contributed by atoms with Crippen LogP contribution in [-0.4, -0.2) is 22.2 Å². The molecule has 0 fully saturated rings. The number of hydrogen-bond donors (Lipinski definition) is 1. The predicted molar refractivity (Wildman–Crippen MR) is 105 cm³/mol. The summed E-state index contributed by atoms with van der Waals surface area (Å²) in [6, 6.07) is 15.7. The lowest BCUT2D eigenvalue weighted by atomic mass is 10.2. The SMILES string of the molecule is CCC(Oc1cccc(C)c1)C(=O)Nc1nnc(-c2ccc(C)cc2)s1. The number of carbonyl (C=O) groups excluding carboxylic acids is 1.